The topological polar surface area (TPSA) is 72.8 Å². The number of aliphatic hydroxyl groups is 1. The highest BCUT2D eigenvalue weighted by Crippen LogP contribution is 2.20. The number of phenols is 1. The van der Waals surface area contributed by atoms with Crippen LogP contribution in [0.2, 0.25) is 0 Å². The van der Waals surface area contributed by atoms with E-state index in [1.54, 1.807) is 12.1 Å². The second kappa shape index (κ2) is 8.34. The lowest BCUT2D eigenvalue weighted by Gasteiger charge is -2.36. The highest BCUT2D eigenvalue weighted by molar-refractivity contribution is 5.94. The molecule has 1 aliphatic rings. The number of phenolic OH excluding ortho intramolecular Hbond substituents is 1. The lowest BCUT2D eigenvalue weighted by Crippen LogP contribution is -2.47. The Morgan fingerprint density at radius 1 is 1.15 bits per heavy atom. The molecular weight excluding hydrogens is 328 g/mol. The van der Waals surface area contributed by atoms with Crippen LogP contribution in [-0.4, -0.2) is 46.8 Å². The Morgan fingerprint density at radius 3 is 2.50 bits per heavy atom. The number of carbonyl (C=O) groups is 1. The number of nitrogens with one attached hydrogen (secondary N) is 1. The zero-order valence-electron chi connectivity index (χ0n) is 15.1. The van der Waals surface area contributed by atoms with Crippen molar-refractivity contribution >= 4 is 5.91 Å². The second-order valence-electron chi connectivity index (χ2n) is 7.09. The summed E-state index contributed by atoms with van der Waals surface area (Å²) in [5, 5.41) is 22.6. The van der Waals surface area contributed by atoms with Crippen molar-refractivity contribution < 1.29 is 15.0 Å². The van der Waals surface area contributed by atoms with Crippen molar-refractivity contribution in [2.45, 2.75) is 26.0 Å². The van der Waals surface area contributed by atoms with Gasteiger partial charge in [0.05, 0.1) is 6.10 Å². The summed E-state index contributed by atoms with van der Waals surface area (Å²) in [6.07, 6.45) is 0.400. The zero-order valence-corrected chi connectivity index (χ0v) is 15.1. The van der Waals surface area contributed by atoms with Gasteiger partial charge in [-0.25, -0.2) is 0 Å². The second-order valence-corrected chi connectivity index (χ2v) is 7.09. The molecule has 1 amide bonds. The fraction of sp³-hybridized carbons (Fsp3) is 0.381. The van der Waals surface area contributed by atoms with Crippen LogP contribution in [0.15, 0.2) is 48.5 Å². The Bertz CT molecular complexity index is 728. The summed E-state index contributed by atoms with van der Waals surface area (Å²) in [4.78, 5) is 14.4. The maximum atomic E-state index is 12.2. The third-order valence-corrected chi connectivity index (χ3v) is 4.99. The summed E-state index contributed by atoms with van der Waals surface area (Å²) in [5.41, 5.74) is 3.01. The Morgan fingerprint density at radius 2 is 1.85 bits per heavy atom. The van der Waals surface area contributed by atoms with Crippen LogP contribution in [0.25, 0.3) is 0 Å². The van der Waals surface area contributed by atoms with Gasteiger partial charge in [-0.15, -0.1) is 0 Å². The number of rotatable bonds is 5. The molecular formula is C21H26N2O3. The van der Waals surface area contributed by atoms with E-state index in [1.165, 1.54) is 23.3 Å². The molecule has 1 saturated heterocycles. The monoisotopic (exact) mass is 354 g/mol. The van der Waals surface area contributed by atoms with Crippen molar-refractivity contribution in [3.05, 3.63) is 65.2 Å². The molecule has 5 nitrogen and oxygen atoms in total. The third-order valence-electron chi connectivity index (χ3n) is 4.99. The highest BCUT2D eigenvalue weighted by atomic mass is 16.3. The van der Waals surface area contributed by atoms with Gasteiger partial charge < -0.3 is 15.5 Å². The number of aromatic hydroxyl groups is 1. The molecule has 1 fully saturated rings. The molecule has 1 aliphatic heterocycles. The molecule has 3 rings (SSSR count). The van der Waals surface area contributed by atoms with E-state index >= 15 is 0 Å². The van der Waals surface area contributed by atoms with E-state index in [-0.39, 0.29) is 17.6 Å². The van der Waals surface area contributed by atoms with E-state index in [1.807, 2.05) is 0 Å². The predicted octanol–water partition coefficient (Wildman–Crippen LogP) is 2.31. The molecule has 0 radical (unpaired) electrons. The molecule has 3 N–H and O–H groups in total. The number of amides is 1. The minimum Gasteiger partial charge on any atom is -0.508 e. The van der Waals surface area contributed by atoms with Gasteiger partial charge in [0.1, 0.15) is 5.75 Å². The molecule has 2 aromatic carbocycles. The number of β-amino-alcohol motifs (C(OH)–C–C–N with tert-alkyl or cyclic N) is 1. The number of carbonyl (C=O) groups excluding carboxylic acids is 1. The van der Waals surface area contributed by atoms with Gasteiger partial charge in [-0.1, -0.05) is 29.8 Å². The number of likely N-dealkylation sites (tertiary alicyclic amines) is 1. The standard InChI is InChI=1S/C21H26N2O3/c1-15-2-4-16(5-3-15)13-23-11-10-18(20(25)14-23)12-22-21(26)17-6-8-19(24)9-7-17/h2-9,18,20,24-25H,10-14H2,1H3,(H,22,26)/t18-,20+/m0/s1. The Hall–Kier alpha value is -2.37. The molecule has 138 valence electrons. The number of nitrogens with zero attached hydrogens (tertiary/aromatic N) is 1. The molecule has 2 atom stereocenters. The molecule has 0 saturated carbocycles. The normalized spacial score (nSPS) is 20.7. The van der Waals surface area contributed by atoms with Gasteiger partial charge >= 0.3 is 0 Å². The zero-order chi connectivity index (χ0) is 18.5. The molecule has 0 unspecified atom stereocenters. The van der Waals surface area contributed by atoms with Gasteiger partial charge in [-0.3, -0.25) is 9.69 Å². The smallest absolute Gasteiger partial charge is 0.251 e. The Kier molecular flexibility index (Phi) is 5.91. The SMILES string of the molecule is Cc1ccc(CN2CC[C@@H](CNC(=O)c3ccc(O)cc3)[C@H](O)C2)cc1. The number of piperidine rings is 1. The van der Waals surface area contributed by atoms with Crippen LogP contribution in [0.3, 0.4) is 0 Å². The first-order valence-electron chi connectivity index (χ1n) is 9.04. The fourth-order valence-corrected chi connectivity index (χ4v) is 3.32. The summed E-state index contributed by atoms with van der Waals surface area (Å²) in [7, 11) is 0. The van der Waals surface area contributed by atoms with E-state index < -0.39 is 6.10 Å². The quantitative estimate of drug-likeness (QED) is 0.770. The van der Waals surface area contributed by atoms with Gasteiger partial charge in [0.15, 0.2) is 0 Å². The number of aryl methyl sites for hydroxylation is 1. The van der Waals surface area contributed by atoms with Crippen molar-refractivity contribution in [1.82, 2.24) is 10.2 Å². The molecule has 0 aromatic heterocycles. The summed E-state index contributed by atoms with van der Waals surface area (Å²) in [6.45, 7) is 4.90. The van der Waals surface area contributed by atoms with E-state index in [9.17, 15) is 15.0 Å². The van der Waals surface area contributed by atoms with E-state index in [0.717, 1.165) is 19.5 Å². The molecule has 1 heterocycles. The number of benzene rings is 2. The summed E-state index contributed by atoms with van der Waals surface area (Å²) in [6, 6.07) is 14.6. The van der Waals surface area contributed by atoms with Crippen molar-refractivity contribution in [2.75, 3.05) is 19.6 Å². The van der Waals surface area contributed by atoms with Gasteiger partial charge in [0.2, 0.25) is 0 Å². The first-order valence-corrected chi connectivity index (χ1v) is 9.04. The van der Waals surface area contributed by atoms with E-state index in [2.05, 4.69) is 41.4 Å². The number of hydrogen-bond donors (Lipinski definition) is 3. The average Bonchev–Trinajstić information content (AvgIpc) is 2.63. The Labute approximate surface area is 154 Å². The summed E-state index contributed by atoms with van der Waals surface area (Å²) in [5.74, 6) is 0.0162. The van der Waals surface area contributed by atoms with Crippen LogP contribution in [-0.2, 0) is 6.54 Å². The van der Waals surface area contributed by atoms with Crippen molar-refractivity contribution in [3.8, 4) is 5.75 Å². The summed E-state index contributed by atoms with van der Waals surface area (Å²) < 4.78 is 0. The van der Waals surface area contributed by atoms with E-state index in [0.29, 0.717) is 18.7 Å². The van der Waals surface area contributed by atoms with Crippen molar-refractivity contribution in [3.63, 3.8) is 0 Å². The highest BCUT2D eigenvalue weighted by Gasteiger charge is 2.28. The molecule has 5 heteroatoms. The average molecular weight is 354 g/mol. The maximum Gasteiger partial charge on any atom is 0.251 e. The van der Waals surface area contributed by atoms with Gasteiger partial charge in [0.25, 0.3) is 5.91 Å². The van der Waals surface area contributed by atoms with Gasteiger partial charge in [-0.05, 0) is 49.7 Å². The molecule has 0 spiro atoms. The minimum atomic E-state index is -0.450. The van der Waals surface area contributed by atoms with Gasteiger partial charge in [0, 0.05) is 31.1 Å². The van der Waals surface area contributed by atoms with Gasteiger partial charge in [-0.2, -0.15) is 0 Å². The lowest BCUT2D eigenvalue weighted by atomic mass is 9.93. The van der Waals surface area contributed by atoms with Crippen LogP contribution in [0.1, 0.15) is 27.9 Å². The van der Waals surface area contributed by atoms with Crippen LogP contribution in [0.5, 0.6) is 5.75 Å². The van der Waals surface area contributed by atoms with Crippen LogP contribution in [0, 0.1) is 12.8 Å². The first-order chi connectivity index (χ1) is 12.5. The molecule has 2 aromatic rings. The largest absolute Gasteiger partial charge is 0.508 e. The van der Waals surface area contributed by atoms with Crippen LogP contribution < -0.4 is 5.32 Å². The first kappa shape index (κ1) is 18.4. The lowest BCUT2D eigenvalue weighted by molar-refractivity contribution is 0.0190. The number of aliphatic hydroxyl groups excluding tert-OH is 1. The van der Waals surface area contributed by atoms with E-state index in [4.69, 9.17) is 0 Å². The van der Waals surface area contributed by atoms with Crippen molar-refractivity contribution in [2.24, 2.45) is 5.92 Å². The number of hydrogen-bond acceptors (Lipinski definition) is 4. The minimum absolute atomic E-state index is 0.0605. The van der Waals surface area contributed by atoms with Crippen LogP contribution >= 0.6 is 0 Å². The van der Waals surface area contributed by atoms with Crippen molar-refractivity contribution in [1.29, 1.82) is 0 Å². The van der Waals surface area contributed by atoms with Crippen LogP contribution in [0.4, 0.5) is 0 Å². The molecule has 0 bridgehead atoms. The maximum absolute atomic E-state index is 12.2. The predicted molar refractivity (Wildman–Crippen MR) is 101 cm³/mol. The summed E-state index contributed by atoms with van der Waals surface area (Å²) >= 11 is 0. The molecule has 0 aliphatic carbocycles. The molecule has 26 heavy (non-hydrogen) atoms. The Balaban J connectivity index is 1.47. The fourth-order valence-electron chi connectivity index (χ4n) is 3.32. The third kappa shape index (κ3) is 4.84.